The molecule has 0 saturated carbocycles. The molecule has 1 fully saturated rings. The van der Waals surface area contributed by atoms with Gasteiger partial charge in [-0.15, -0.1) is 12.4 Å². The predicted molar refractivity (Wildman–Crippen MR) is 74.9 cm³/mol. The minimum Gasteiger partial charge on any atom is -0.314 e. The molecule has 0 spiro atoms. The van der Waals surface area contributed by atoms with E-state index in [0.29, 0.717) is 19.6 Å². The fourth-order valence-electron chi connectivity index (χ4n) is 1.99. The van der Waals surface area contributed by atoms with Crippen LogP contribution in [0.4, 0.5) is 4.39 Å². The highest BCUT2D eigenvalue weighted by Gasteiger charge is 2.32. The molecule has 1 heterocycles. The second kappa shape index (κ2) is 6.37. The Labute approximate surface area is 123 Å². The third-order valence-electron chi connectivity index (χ3n) is 2.92. The van der Waals surface area contributed by atoms with Crippen LogP contribution in [0.5, 0.6) is 0 Å². The molecule has 0 amide bonds. The number of hydrogen-bond donors (Lipinski definition) is 1. The van der Waals surface area contributed by atoms with Crippen LogP contribution < -0.4 is 5.32 Å². The first-order chi connectivity index (χ1) is 8.43. The van der Waals surface area contributed by atoms with Crippen LogP contribution in [0.1, 0.15) is 6.92 Å². The summed E-state index contributed by atoms with van der Waals surface area (Å²) in [4.78, 5) is -0.319. The second-order valence-electron chi connectivity index (χ2n) is 4.24. The van der Waals surface area contributed by atoms with E-state index in [0.717, 1.165) is 6.07 Å². The molecule has 8 heteroatoms. The summed E-state index contributed by atoms with van der Waals surface area (Å²) < 4.78 is 39.7. The lowest BCUT2D eigenvalue weighted by molar-refractivity contribution is 0.283. The Morgan fingerprint density at radius 3 is 2.74 bits per heavy atom. The van der Waals surface area contributed by atoms with Crippen molar-refractivity contribution in [2.24, 2.45) is 0 Å². The maximum atomic E-state index is 13.7. The molecule has 1 aromatic rings. The third kappa shape index (κ3) is 3.38. The number of hydrogen-bond acceptors (Lipinski definition) is 3. The van der Waals surface area contributed by atoms with Gasteiger partial charge in [0, 0.05) is 30.7 Å². The van der Waals surface area contributed by atoms with Crippen LogP contribution in [0.15, 0.2) is 23.1 Å². The molecule has 1 aliphatic heterocycles. The summed E-state index contributed by atoms with van der Waals surface area (Å²) in [5.74, 6) is -0.812. The van der Waals surface area contributed by atoms with E-state index in [4.69, 9.17) is 11.6 Å². The number of halogens is 3. The average Bonchev–Trinajstić information content (AvgIpc) is 2.28. The Morgan fingerprint density at radius 2 is 2.16 bits per heavy atom. The van der Waals surface area contributed by atoms with E-state index in [9.17, 15) is 12.8 Å². The van der Waals surface area contributed by atoms with Crippen LogP contribution in [-0.2, 0) is 10.0 Å². The zero-order valence-electron chi connectivity index (χ0n) is 10.3. The number of piperazine rings is 1. The van der Waals surface area contributed by atoms with Crippen molar-refractivity contribution in [1.29, 1.82) is 0 Å². The van der Waals surface area contributed by atoms with Crippen molar-refractivity contribution in [3.63, 3.8) is 0 Å². The fourth-order valence-corrected chi connectivity index (χ4v) is 3.83. The van der Waals surface area contributed by atoms with E-state index in [2.05, 4.69) is 5.32 Å². The zero-order chi connectivity index (χ0) is 13.3. The molecule has 0 aromatic heterocycles. The van der Waals surface area contributed by atoms with Crippen LogP contribution in [0.3, 0.4) is 0 Å². The van der Waals surface area contributed by atoms with Gasteiger partial charge in [-0.1, -0.05) is 11.6 Å². The second-order valence-corrected chi connectivity index (χ2v) is 6.54. The summed E-state index contributed by atoms with van der Waals surface area (Å²) in [5.41, 5.74) is 0. The van der Waals surface area contributed by atoms with Crippen LogP contribution in [0, 0.1) is 5.82 Å². The van der Waals surface area contributed by atoms with Crippen LogP contribution >= 0.6 is 24.0 Å². The molecule has 2 rings (SSSR count). The summed E-state index contributed by atoms with van der Waals surface area (Å²) in [5, 5.41) is 3.27. The summed E-state index contributed by atoms with van der Waals surface area (Å²) in [6, 6.07) is 3.41. The van der Waals surface area contributed by atoms with E-state index >= 15 is 0 Å². The van der Waals surface area contributed by atoms with Gasteiger partial charge >= 0.3 is 0 Å². The van der Waals surface area contributed by atoms with Crippen LogP contribution in [0.2, 0.25) is 5.02 Å². The van der Waals surface area contributed by atoms with Crippen molar-refractivity contribution in [3.8, 4) is 0 Å². The van der Waals surface area contributed by atoms with Gasteiger partial charge in [0.05, 0.1) is 0 Å². The Hall–Kier alpha value is -0.400. The topological polar surface area (TPSA) is 49.4 Å². The lowest BCUT2D eigenvalue weighted by atomic mass is 10.3. The maximum absolute atomic E-state index is 13.7. The first-order valence-electron chi connectivity index (χ1n) is 5.60. The Bertz CT molecular complexity index is 554. The molecule has 1 N–H and O–H groups in total. The van der Waals surface area contributed by atoms with Crippen molar-refractivity contribution >= 4 is 34.0 Å². The van der Waals surface area contributed by atoms with Crippen LogP contribution in [-0.4, -0.2) is 38.4 Å². The van der Waals surface area contributed by atoms with Gasteiger partial charge in [0.15, 0.2) is 0 Å². The molecule has 19 heavy (non-hydrogen) atoms. The number of nitrogens with zero attached hydrogens (tertiary/aromatic N) is 1. The molecule has 1 aliphatic rings. The van der Waals surface area contributed by atoms with Crippen molar-refractivity contribution in [3.05, 3.63) is 29.0 Å². The highest BCUT2D eigenvalue weighted by molar-refractivity contribution is 7.89. The maximum Gasteiger partial charge on any atom is 0.246 e. The number of benzene rings is 1. The van der Waals surface area contributed by atoms with Gasteiger partial charge < -0.3 is 5.32 Å². The molecule has 4 nitrogen and oxygen atoms in total. The smallest absolute Gasteiger partial charge is 0.246 e. The normalized spacial score (nSPS) is 20.9. The molecule has 0 aliphatic carbocycles. The third-order valence-corrected chi connectivity index (χ3v) is 5.20. The molecular formula is C11H15Cl2FN2O2S. The Morgan fingerprint density at radius 1 is 1.47 bits per heavy atom. The molecule has 0 unspecified atom stereocenters. The number of nitrogens with one attached hydrogen (secondary N) is 1. The molecule has 108 valence electrons. The van der Waals surface area contributed by atoms with Gasteiger partial charge in [-0.3, -0.25) is 0 Å². The van der Waals surface area contributed by atoms with E-state index in [1.165, 1.54) is 16.4 Å². The number of sulfonamides is 1. The minimum atomic E-state index is -3.80. The van der Waals surface area contributed by atoms with Crippen molar-refractivity contribution in [2.45, 2.75) is 17.9 Å². The molecule has 1 aromatic carbocycles. The zero-order valence-corrected chi connectivity index (χ0v) is 12.7. The number of rotatable bonds is 2. The summed E-state index contributed by atoms with van der Waals surface area (Å²) in [6.07, 6.45) is 0. The van der Waals surface area contributed by atoms with Gasteiger partial charge in [-0.05, 0) is 25.1 Å². The highest BCUT2D eigenvalue weighted by Crippen LogP contribution is 2.24. The Kier molecular flexibility index (Phi) is 5.58. The van der Waals surface area contributed by atoms with E-state index in [1.807, 2.05) is 0 Å². The van der Waals surface area contributed by atoms with E-state index in [1.54, 1.807) is 6.92 Å². The van der Waals surface area contributed by atoms with Gasteiger partial charge in [-0.2, -0.15) is 4.31 Å². The summed E-state index contributed by atoms with van der Waals surface area (Å²) in [6.45, 7) is 3.26. The lowest BCUT2D eigenvalue weighted by Gasteiger charge is -2.32. The fraction of sp³-hybridized carbons (Fsp3) is 0.455. The van der Waals surface area contributed by atoms with Crippen molar-refractivity contribution in [1.82, 2.24) is 9.62 Å². The first-order valence-corrected chi connectivity index (χ1v) is 7.42. The van der Waals surface area contributed by atoms with Gasteiger partial charge in [0.1, 0.15) is 10.7 Å². The first kappa shape index (κ1) is 16.7. The van der Waals surface area contributed by atoms with E-state index in [-0.39, 0.29) is 28.4 Å². The largest absolute Gasteiger partial charge is 0.314 e. The van der Waals surface area contributed by atoms with Gasteiger partial charge in [0.25, 0.3) is 0 Å². The summed E-state index contributed by atoms with van der Waals surface area (Å²) in [7, 11) is -3.80. The monoisotopic (exact) mass is 328 g/mol. The van der Waals surface area contributed by atoms with Crippen molar-refractivity contribution < 1.29 is 12.8 Å². The minimum absolute atomic E-state index is 0. The van der Waals surface area contributed by atoms with Gasteiger partial charge in [0.2, 0.25) is 10.0 Å². The molecule has 1 saturated heterocycles. The predicted octanol–water partition coefficient (Wildman–Crippen LogP) is 1.88. The quantitative estimate of drug-likeness (QED) is 0.901. The lowest BCUT2D eigenvalue weighted by Crippen LogP contribution is -2.52. The van der Waals surface area contributed by atoms with E-state index < -0.39 is 15.8 Å². The SMILES string of the molecule is C[C@@H]1CNCCN1S(=O)(=O)c1ccc(Cl)cc1F.Cl. The highest BCUT2D eigenvalue weighted by atomic mass is 35.5. The van der Waals surface area contributed by atoms with Gasteiger partial charge in [-0.25, -0.2) is 12.8 Å². The molecule has 0 bridgehead atoms. The molecule has 0 radical (unpaired) electrons. The van der Waals surface area contributed by atoms with Crippen LogP contribution in [0.25, 0.3) is 0 Å². The average molecular weight is 329 g/mol. The summed E-state index contributed by atoms with van der Waals surface area (Å²) >= 11 is 5.62. The molecule has 1 atom stereocenters. The standard InChI is InChI=1S/C11H14ClFN2O2S.ClH/c1-8-7-14-4-5-15(8)18(16,17)11-3-2-9(12)6-10(11)13;/h2-3,6,8,14H,4-5,7H2,1H3;1H/t8-;/m1./s1. The van der Waals surface area contributed by atoms with Crippen molar-refractivity contribution in [2.75, 3.05) is 19.6 Å². The molecular weight excluding hydrogens is 314 g/mol. The Balaban J connectivity index is 0.00000180.